The molecule has 3 aromatic heterocycles. The molecule has 4 rings (SSSR count). The van der Waals surface area contributed by atoms with Crippen molar-refractivity contribution in [3.05, 3.63) is 57.5 Å². The van der Waals surface area contributed by atoms with Crippen molar-refractivity contribution in [3.8, 4) is 11.5 Å². The number of carbonyl (C=O) groups is 2. The normalized spacial score (nSPS) is 16.5. The molecular weight excluding hydrogens is 348 g/mol. The SMILES string of the molecule is O=C1S/C(=C\c2cccs2)C(=O)N1Cc1cc(-c2ccco2)on1. The number of thioether (sulfide) groups is 1. The van der Waals surface area contributed by atoms with E-state index in [1.54, 1.807) is 24.3 Å². The van der Waals surface area contributed by atoms with Gasteiger partial charge in [0.2, 0.25) is 5.76 Å². The van der Waals surface area contributed by atoms with Gasteiger partial charge >= 0.3 is 0 Å². The van der Waals surface area contributed by atoms with Crippen LogP contribution in [0.5, 0.6) is 0 Å². The molecule has 0 aliphatic carbocycles. The van der Waals surface area contributed by atoms with Gasteiger partial charge in [-0.25, -0.2) is 0 Å². The van der Waals surface area contributed by atoms with Gasteiger partial charge in [-0.05, 0) is 41.4 Å². The van der Waals surface area contributed by atoms with E-state index in [0.717, 1.165) is 21.5 Å². The number of carbonyl (C=O) groups excluding carboxylic acids is 2. The first-order chi connectivity index (χ1) is 11.7. The van der Waals surface area contributed by atoms with Gasteiger partial charge in [0.1, 0.15) is 5.69 Å². The average molecular weight is 358 g/mol. The van der Waals surface area contributed by atoms with E-state index < -0.39 is 0 Å². The minimum atomic E-state index is -0.319. The van der Waals surface area contributed by atoms with Gasteiger partial charge in [-0.2, -0.15) is 0 Å². The lowest BCUT2D eigenvalue weighted by Crippen LogP contribution is -2.27. The molecule has 0 atom stereocenters. The Bertz CT molecular complexity index is 910. The first-order valence-corrected chi connectivity index (χ1v) is 8.68. The number of hydrogen-bond acceptors (Lipinski definition) is 7. The second-order valence-corrected chi connectivity index (χ2v) is 6.92. The molecular formula is C16H10N2O4S2. The largest absolute Gasteiger partial charge is 0.461 e. The fraction of sp³-hybridized carbons (Fsp3) is 0.0625. The Balaban J connectivity index is 1.52. The molecule has 0 radical (unpaired) electrons. The summed E-state index contributed by atoms with van der Waals surface area (Å²) in [6, 6.07) is 8.93. The van der Waals surface area contributed by atoms with E-state index in [4.69, 9.17) is 8.94 Å². The lowest BCUT2D eigenvalue weighted by atomic mass is 10.3. The van der Waals surface area contributed by atoms with Crippen LogP contribution in [-0.2, 0) is 11.3 Å². The van der Waals surface area contributed by atoms with E-state index in [2.05, 4.69) is 5.16 Å². The second kappa shape index (κ2) is 6.14. The minimum Gasteiger partial charge on any atom is -0.461 e. The highest BCUT2D eigenvalue weighted by Gasteiger charge is 2.35. The maximum Gasteiger partial charge on any atom is 0.293 e. The highest BCUT2D eigenvalue weighted by molar-refractivity contribution is 8.18. The van der Waals surface area contributed by atoms with Gasteiger partial charge in [0, 0.05) is 10.9 Å². The zero-order valence-electron chi connectivity index (χ0n) is 12.2. The van der Waals surface area contributed by atoms with Gasteiger partial charge in [0.15, 0.2) is 5.76 Å². The zero-order chi connectivity index (χ0) is 16.5. The summed E-state index contributed by atoms with van der Waals surface area (Å²) in [5.41, 5.74) is 0.487. The number of hydrogen-bond donors (Lipinski definition) is 0. The topological polar surface area (TPSA) is 76.6 Å². The first kappa shape index (κ1) is 15.0. The van der Waals surface area contributed by atoms with Crippen molar-refractivity contribution in [1.29, 1.82) is 0 Å². The molecule has 120 valence electrons. The molecule has 2 amide bonds. The molecule has 1 aliphatic heterocycles. The number of furan rings is 1. The van der Waals surface area contributed by atoms with Gasteiger partial charge in [0.05, 0.1) is 17.7 Å². The van der Waals surface area contributed by atoms with Gasteiger partial charge in [-0.15, -0.1) is 11.3 Å². The number of imide groups is 1. The number of aromatic nitrogens is 1. The number of nitrogens with zero attached hydrogens (tertiary/aromatic N) is 2. The monoisotopic (exact) mass is 358 g/mol. The molecule has 4 heterocycles. The number of thiophene rings is 1. The molecule has 0 saturated carbocycles. The highest BCUT2D eigenvalue weighted by atomic mass is 32.2. The molecule has 0 bridgehead atoms. The fourth-order valence-corrected chi connectivity index (χ4v) is 3.78. The molecule has 0 spiro atoms. The standard InChI is InChI=1S/C16H10N2O4S2/c19-15-14(8-11-3-2-6-23-11)24-16(20)18(15)9-10-7-13(22-17-10)12-4-1-5-21-12/h1-8H,9H2/b14-8-. The van der Waals surface area contributed by atoms with Gasteiger partial charge in [-0.3, -0.25) is 14.5 Å². The van der Waals surface area contributed by atoms with Gasteiger partial charge in [0.25, 0.3) is 11.1 Å². The van der Waals surface area contributed by atoms with Crippen LogP contribution in [0.15, 0.2) is 55.8 Å². The number of amides is 2. The van der Waals surface area contributed by atoms with E-state index in [1.807, 2.05) is 17.5 Å². The molecule has 6 nitrogen and oxygen atoms in total. The number of rotatable bonds is 4. The quantitative estimate of drug-likeness (QED) is 0.650. The first-order valence-electron chi connectivity index (χ1n) is 6.99. The van der Waals surface area contributed by atoms with Crippen LogP contribution in [0.3, 0.4) is 0 Å². The minimum absolute atomic E-state index is 0.0661. The molecule has 1 fully saturated rings. The van der Waals surface area contributed by atoms with E-state index in [1.165, 1.54) is 17.6 Å². The summed E-state index contributed by atoms with van der Waals surface area (Å²) in [6.45, 7) is 0.0661. The maximum atomic E-state index is 12.4. The Kier molecular flexibility index (Phi) is 3.83. The molecule has 0 N–H and O–H groups in total. The summed E-state index contributed by atoms with van der Waals surface area (Å²) in [4.78, 5) is 27.0. The predicted octanol–water partition coefficient (Wildman–Crippen LogP) is 4.23. The Labute approximate surface area is 144 Å². The second-order valence-electron chi connectivity index (χ2n) is 4.94. The molecule has 3 aromatic rings. The molecule has 8 heteroatoms. The van der Waals surface area contributed by atoms with Crippen molar-refractivity contribution >= 4 is 40.3 Å². The third kappa shape index (κ3) is 2.81. The Morgan fingerprint density at radius 3 is 2.88 bits per heavy atom. The molecule has 0 unspecified atom stereocenters. The summed E-state index contributed by atoms with van der Waals surface area (Å²) < 4.78 is 10.4. The molecule has 24 heavy (non-hydrogen) atoms. The zero-order valence-corrected chi connectivity index (χ0v) is 13.8. The van der Waals surface area contributed by atoms with Crippen LogP contribution in [0, 0.1) is 0 Å². The third-order valence-corrected chi connectivity index (χ3v) is 5.06. The van der Waals surface area contributed by atoms with Crippen LogP contribution < -0.4 is 0 Å². The van der Waals surface area contributed by atoms with Crippen molar-refractivity contribution in [2.24, 2.45) is 0 Å². The predicted molar refractivity (Wildman–Crippen MR) is 90.0 cm³/mol. The third-order valence-electron chi connectivity index (χ3n) is 3.33. The Morgan fingerprint density at radius 2 is 2.12 bits per heavy atom. The van der Waals surface area contributed by atoms with Crippen LogP contribution in [-0.4, -0.2) is 21.2 Å². The smallest absolute Gasteiger partial charge is 0.293 e. The van der Waals surface area contributed by atoms with Gasteiger partial charge < -0.3 is 8.94 Å². The van der Waals surface area contributed by atoms with Crippen LogP contribution in [0.1, 0.15) is 10.6 Å². The van der Waals surface area contributed by atoms with Crippen LogP contribution in [0.4, 0.5) is 4.79 Å². The van der Waals surface area contributed by atoms with Gasteiger partial charge in [-0.1, -0.05) is 11.2 Å². The molecule has 0 aromatic carbocycles. The highest BCUT2D eigenvalue weighted by Crippen LogP contribution is 2.34. The van der Waals surface area contributed by atoms with E-state index in [0.29, 0.717) is 22.1 Å². The van der Waals surface area contributed by atoms with Crippen LogP contribution in [0.25, 0.3) is 17.6 Å². The lowest BCUT2D eigenvalue weighted by Gasteiger charge is -2.09. The summed E-state index contributed by atoms with van der Waals surface area (Å²) in [5, 5.41) is 5.50. The van der Waals surface area contributed by atoms with Crippen LogP contribution in [0.2, 0.25) is 0 Å². The van der Waals surface area contributed by atoms with Crippen molar-refractivity contribution in [2.45, 2.75) is 6.54 Å². The summed E-state index contributed by atoms with van der Waals surface area (Å²) in [6.07, 6.45) is 3.26. The van der Waals surface area contributed by atoms with E-state index in [9.17, 15) is 9.59 Å². The van der Waals surface area contributed by atoms with Crippen molar-refractivity contribution in [1.82, 2.24) is 10.1 Å². The van der Waals surface area contributed by atoms with Crippen molar-refractivity contribution in [2.75, 3.05) is 0 Å². The lowest BCUT2D eigenvalue weighted by molar-refractivity contribution is -0.123. The van der Waals surface area contributed by atoms with Crippen molar-refractivity contribution < 1.29 is 18.5 Å². The van der Waals surface area contributed by atoms with E-state index >= 15 is 0 Å². The molecule has 1 aliphatic rings. The maximum absolute atomic E-state index is 12.4. The van der Waals surface area contributed by atoms with Crippen LogP contribution >= 0.6 is 23.1 Å². The fourth-order valence-electron chi connectivity index (χ4n) is 2.22. The Hall–Kier alpha value is -2.58. The van der Waals surface area contributed by atoms with E-state index in [-0.39, 0.29) is 17.7 Å². The average Bonchev–Trinajstić information content (AvgIpc) is 3.33. The summed E-state index contributed by atoms with van der Waals surface area (Å²) in [5.74, 6) is 0.678. The Morgan fingerprint density at radius 1 is 1.21 bits per heavy atom. The molecule has 1 saturated heterocycles. The van der Waals surface area contributed by atoms with Crippen molar-refractivity contribution in [3.63, 3.8) is 0 Å². The summed E-state index contributed by atoms with van der Waals surface area (Å²) in [7, 11) is 0. The summed E-state index contributed by atoms with van der Waals surface area (Å²) >= 11 is 2.44.